The van der Waals surface area contributed by atoms with E-state index in [0.29, 0.717) is 5.92 Å². The van der Waals surface area contributed by atoms with Crippen LogP contribution >= 0.6 is 0 Å². The van der Waals surface area contributed by atoms with Crippen molar-refractivity contribution in [1.82, 2.24) is 0 Å². The van der Waals surface area contributed by atoms with Crippen molar-refractivity contribution >= 4 is 0 Å². The summed E-state index contributed by atoms with van der Waals surface area (Å²) in [5.74, 6) is 1.38. The second-order valence-electron chi connectivity index (χ2n) is 5.13. The molecule has 0 aromatic heterocycles. The quantitative estimate of drug-likeness (QED) is 0.867. The largest absolute Gasteiger partial charge is 0.496 e. The van der Waals surface area contributed by atoms with Crippen LogP contribution in [0.3, 0.4) is 0 Å². The van der Waals surface area contributed by atoms with Gasteiger partial charge in [-0.05, 0) is 37.3 Å². The summed E-state index contributed by atoms with van der Waals surface area (Å²) in [4.78, 5) is 0. The van der Waals surface area contributed by atoms with Crippen LogP contribution in [0.25, 0.3) is 0 Å². The van der Waals surface area contributed by atoms with Gasteiger partial charge in [0.15, 0.2) is 0 Å². The van der Waals surface area contributed by atoms with Crippen molar-refractivity contribution in [2.75, 3.05) is 7.11 Å². The molecule has 1 aliphatic rings. The molecule has 2 rings (SSSR count). The molecule has 1 fully saturated rings. The van der Waals surface area contributed by atoms with Crippen molar-refractivity contribution in [3.05, 3.63) is 29.3 Å². The van der Waals surface area contributed by atoms with Crippen LogP contribution in [0, 0.1) is 12.8 Å². The summed E-state index contributed by atoms with van der Waals surface area (Å²) < 4.78 is 5.35. The number of hydrogen-bond donors (Lipinski definition) is 1. The fraction of sp³-hybridized carbons (Fsp3) is 0.600. The first-order valence-corrected chi connectivity index (χ1v) is 6.52. The van der Waals surface area contributed by atoms with Crippen LogP contribution in [-0.4, -0.2) is 18.3 Å². The molecule has 17 heavy (non-hydrogen) atoms. The molecule has 1 saturated carbocycles. The molecule has 0 bridgehead atoms. The topological polar surface area (TPSA) is 29.5 Å². The molecule has 2 heteroatoms. The van der Waals surface area contributed by atoms with Gasteiger partial charge in [-0.15, -0.1) is 0 Å². The van der Waals surface area contributed by atoms with Gasteiger partial charge in [0.2, 0.25) is 0 Å². The van der Waals surface area contributed by atoms with Gasteiger partial charge in [0, 0.05) is 6.42 Å². The molecule has 0 heterocycles. The number of aryl methyl sites for hydroxylation is 1. The van der Waals surface area contributed by atoms with E-state index in [2.05, 4.69) is 13.0 Å². The Balaban J connectivity index is 2.08. The van der Waals surface area contributed by atoms with Gasteiger partial charge in [-0.2, -0.15) is 0 Å². The number of aliphatic hydroxyl groups excluding tert-OH is 1. The third kappa shape index (κ3) is 3.01. The van der Waals surface area contributed by atoms with Crippen molar-refractivity contribution < 1.29 is 9.84 Å². The number of rotatable bonds is 4. The molecule has 1 unspecified atom stereocenters. The molecule has 1 aromatic rings. The van der Waals surface area contributed by atoms with Crippen molar-refractivity contribution in [2.24, 2.45) is 5.92 Å². The number of aliphatic hydroxyl groups is 1. The van der Waals surface area contributed by atoms with Gasteiger partial charge in [-0.1, -0.05) is 30.5 Å². The van der Waals surface area contributed by atoms with E-state index in [4.69, 9.17) is 4.74 Å². The van der Waals surface area contributed by atoms with Crippen molar-refractivity contribution in [2.45, 2.75) is 45.1 Å². The van der Waals surface area contributed by atoms with Gasteiger partial charge in [0.1, 0.15) is 5.75 Å². The Morgan fingerprint density at radius 1 is 1.35 bits per heavy atom. The first kappa shape index (κ1) is 12.4. The zero-order valence-electron chi connectivity index (χ0n) is 10.8. The van der Waals surface area contributed by atoms with Gasteiger partial charge < -0.3 is 9.84 Å². The molecule has 1 aromatic carbocycles. The van der Waals surface area contributed by atoms with Crippen molar-refractivity contribution in [3.8, 4) is 5.75 Å². The van der Waals surface area contributed by atoms with E-state index in [1.54, 1.807) is 7.11 Å². The fourth-order valence-corrected chi connectivity index (χ4v) is 2.80. The van der Waals surface area contributed by atoms with Gasteiger partial charge in [-0.3, -0.25) is 0 Å². The number of hydrogen-bond acceptors (Lipinski definition) is 2. The van der Waals surface area contributed by atoms with Crippen LogP contribution < -0.4 is 4.74 Å². The summed E-state index contributed by atoms with van der Waals surface area (Å²) in [6, 6.07) is 6.16. The van der Waals surface area contributed by atoms with Crippen LogP contribution in [0.5, 0.6) is 5.75 Å². The highest BCUT2D eigenvalue weighted by Gasteiger charge is 2.24. The molecule has 0 amide bonds. The van der Waals surface area contributed by atoms with E-state index in [1.807, 2.05) is 12.1 Å². The van der Waals surface area contributed by atoms with Crippen LogP contribution in [-0.2, 0) is 6.42 Å². The normalized spacial score (nSPS) is 18.3. The standard InChI is InChI=1S/C15H22O2/c1-11-7-8-15(17-2)13(9-11)10-14(16)12-5-3-4-6-12/h7-9,12,14,16H,3-6,10H2,1-2H3. The number of benzene rings is 1. The Morgan fingerprint density at radius 2 is 2.06 bits per heavy atom. The third-order valence-electron chi connectivity index (χ3n) is 3.81. The van der Waals surface area contributed by atoms with Gasteiger partial charge in [0.05, 0.1) is 13.2 Å². The minimum Gasteiger partial charge on any atom is -0.496 e. The smallest absolute Gasteiger partial charge is 0.122 e. The molecule has 0 spiro atoms. The molecule has 0 aliphatic heterocycles. The maximum atomic E-state index is 10.3. The van der Waals surface area contributed by atoms with E-state index >= 15 is 0 Å². The predicted octanol–water partition coefficient (Wildman–Crippen LogP) is 3.10. The van der Waals surface area contributed by atoms with Crippen LogP contribution in [0.1, 0.15) is 36.8 Å². The monoisotopic (exact) mass is 234 g/mol. The SMILES string of the molecule is COc1ccc(C)cc1CC(O)C1CCCC1. The fourth-order valence-electron chi connectivity index (χ4n) is 2.80. The maximum Gasteiger partial charge on any atom is 0.122 e. The summed E-state index contributed by atoms with van der Waals surface area (Å²) in [7, 11) is 1.69. The molecule has 2 nitrogen and oxygen atoms in total. The third-order valence-corrected chi connectivity index (χ3v) is 3.81. The second-order valence-corrected chi connectivity index (χ2v) is 5.13. The van der Waals surface area contributed by atoms with Crippen LogP contribution in [0.2, 0.25) is 0 Å². The zero-order valence-corrected chi connectivity index (χ0v) is 10.8. The highest BCUT2D eigenvalue weighted by molar-refractivity contribution is 5.37. The molecular formula is C15H22O2. The lowest BCUT2D eigenvalue weighted by atomic mass is 9.94. The molecule has 1 aliphatic carbocycles. The highest BCUT2D eigenvalue weighted by atomic mass is 16.5. The van der Waals surface area contributed by atoms with E-state index in [0.717, 1.165) is 17.7 Å². The molecule has 1 atom stereocenters. The predicted molar refractivity (Wildman–Crippen MR) is 69.4 cm³/mol. The van der Waals surface area contributed by atoms with E-state index in [-0.39, 0.29) is 6.10 Å². The Labute approximate surface area is 104 Å². The Hall–Kier alpha value is -1.02. The molecular weight excluding hydrogens is 212 g/mol. The van der Waals surface area contributed by atoms with Gasteiger partial charge in [-0.25, -0.2) is 0 Å². The minimum absolute atomic E-state index is 0.215. The van der Waals surface area contributed by atoms with Crippen LogP contribution in [0.4, 0.5) is 0 Å². The van der Waals surface area contributed by atoms with E-state index < -0.39 is 0 Å². The summed E-state index contributed by atoms with van der Waals surface area (Å²) in [5.41, 5.74) is 2.35. The Bertz CT molecular complexity index is 367. The lowest BCUT2D eigenvalue weighted by molar-refractivity contribution is 0.110. The van der Waals surface area contributed by atoms with Crippen molar-refractivity contribution in [3.63, 3.8) is 0 Å². The van der Waals surface area contributed by atoms with E-state index in [1.165, 1.54) is 31.2 Å². The average Bonchev–Trinajstić information content (AvgIpc) is 2.83. The Morgan fingerprint density at radius 3 is 2.71 bits per heavy atom. The summed E-state index contributed by atoms with van der Waals surface area (Å²) in [5, 5.41) is 10.3. The maximum absolute atomic E-state index is 10.3. The first-order valence-electron chi connectivity index (χ1n) is 6.52. The second kappa shape index (κ2) is 5.54. The zero-order chi connectivity index (χ0) is 12.3. The van der Waals surface area contributed by atoms with Crippen molar-refractivity contribution in [1.29, 1.82) is 0 Å². The van der Waals surface area contributed by atoms with Crippen LogP contribution in [0.15, 0.2) is 18.2 Å². The molecule has 94 valence electrons. The average molecular weight is 234 g/mol. The summed E-state index contributed by atoms with van der Waals surface area (Å²) >= 11 is 0. The van der Waals surface area contributed by atoms with E-state index in [9.17, 15) is 5.11 Å². The lowest BCUT2D eigenvalue weighted by Crippen LogP contribution is -2.20. The summed E-state index contributed by atoms with van der Waals surface area (Å²) in [6.45, 7) is 2.07. The molecule has 1 N–H and O–H groups in total. The summed E-state index contributed by atoms with van der Waals surface area (Å²) in [6.07, 6.45) is 5.40. The molecule has 0 radical (unpaired) electrons. The first-order chi connectivity index (χ1) is 8.20. The molecule has 0 saturated heterocycles. The highest BCUT2D eigenvalue weighted by Crippen LogP contribution is 2.31. The lowest BCUT2D eigenvalue weighted by Gasteiger charge is -2.19. The number of ether oxygens (including phenoxy) is 1. The minimum atomic E-state index is -0.215. The van der Waals surface area contributed by atoms with Gasteiger partial charge >= 0.3 is 0 Å². The van der Waals surface area contributed by atoms with Gasteiger partial charge in [0.25, 0.3) is 0 Å². The Kier molecular flexibility index (Phi) is 4.06. The number of methoxy groups -OCH3 is 1.